The summed E-state index contributed by atoms with van der Waals surface area (Å²) in [5.74, 6) is -2.18. The van der Waals surface area contributed by atoms with Gasteiger partial charge in [0.15, 0.2) is 6.29 Å². The monoisotopic (exact) mass is 510 g/mol. The Morgan fingerprint density at radius 2 is 1.29 bits per heavy atom. The zero-order valence-electron chi connectivity index (χ0n) is 20.8. The van der Waals surface area contributed by atoms with E-state index in [4.69, 9.17) is 18.9 Å². The second kappa shape index (κ2) is 15.7. The summed E-state index contributed by atoms with van der Waals surface area (Å²) in [6.07, 6.45) is 0.180. The number of aliphatic hydroxyl groups is 7. The first kappa shape index (κ1) is 30.8. The summed E-state index contributed by atoms with van der Waals surface area (Å²) in [4.78, 5) is 0. The third kappa shape index (κ3) is 8.27. The molecule has 35 heavy (non-hydrogen) atoms. The number of aliphatic hydroxyl groups excluding tert-OH is 7. The van der Waals surface area contributed by atoms with E-state index in [1.165, 1.54) is 44.9 Å². The molecule has 0 amide bonds. The molecule has 11 heteroatoms. The van der Waals surface area contributed by atoms with E-state index < -0.39 is 74.6 Å². The second-order valence-electron chi connectivity index (χ2n) is 9.59. The highest BCUT2D eigenvalue weighted by Crippen LogP contribution is 2.36. The molecule has 0 aromatic carbocycles. The molecular weight excluding hydrogens is 464 g/mol. The highest BCUT2D eigenvalue weighted by atomic mass is 16.8. The summed E-state index contributed by atoms with van der Waals surface area (Å²) < 4.78 is 22.2. The van der Waals surface area contributed by atoms with E-state index in [1.54, 1.807) is 0 Å². The molecule has 2 heterocycles. The largest absolute Gasteiger partial charge is 0.394 e. The predicted molar refractivity (Wildman–Crippen MR) is 124 cm³/mol. The first-order chi connectivity index (χ1) is 16.8. The Bertz CT molecular complexity index is 566. The van der Waals surface area contributed by atoms with Gasteiger partial charge in [-0.1, -0.05) is 64.7 Å². The number of hydrogen-bond donors (Lipinski definition) is 7. The Hall–Kier alpha value is -0.440. The lowest BCUT2D eigenvalue weighted by molar-refractivity contribution is -0.362. The van der Waals surface area contributed by atoms with Crippen LogP contribution in [0.5, 0.6) is 0 Å². The highest BCUT2D eigenvalue weighted by molar-refractivity contribution is 4.99. The van der Waals surface area contributed by atoms with Crippen molar-refractivity contribution in [2.24, 2.45) is 0 Å². The van der Waals surface area contributed by atoms with Crippen molar-refractivity contribution >= 4 is 0 Å². The molecule has 2 aliphatic heterocycles. The summed E-state index contributed by atoms with van der Waals surface area (Å²) >= 11 is 0. The molecule has 2 aliphatic rings. The third-order valence-electron chi connectivity index (χ3n) is 6.84. The van der Waals surface area contributed by atoms with E-state index >= 15 is 0 Å². The van der Waals surface area contributed by atoms with Crippen molar-refractivity contribution in [2.75, 3.05) is 26.4 Å². The van der Waals surface area contributed by atoms with Crippen LogP contribution in [0.3, 0.4) is 0 Å². The fourth-order valence-electron chi connectivity index (χ4n) is 4.63. The number of ether oxygens (including phenoxy) is 4. The topological polar surface area (TPSA) is 179 Å². The van der Waals surface area contributed by atoms with Gasteiger partial charge in [0, 0.05) is 6.61 Å². The Kier molecular flexibility index (Phi) is 13.8. The molecule has 0 radical (unpaired) electrons. The molecular formula is C24H46O11. The molecule has 7 N–H and O–H groups in total. The Balaban J connectivity index is 1.78. The lowest BCUT2D eigenvalue weighted by Crippen LogP contribution is -2.64. The van der Waals surface area contributed by atoms with E-state index in [-0.39, 0.29) is 0 Å². The van der Waals surface area contributed by atoms with Crippen LogP contribution in [0.2, 0.25) is 0 Å². The van der Waals surface area contributed by atoms with E-state index in [1.807, 2.05) is 0 Å². The molecule has 0 aliphatic carbocycles. The lowest BCUT2D eigenvalue weighted by atomic mass is 9.97. The van der Waals surface area contributed by atoms with Gasteiger partial charge in [0.2, 0.25) is 5.79 Å². The molecule has 9 atom stereocenters. The van der Waals surface area contributed by atoms with Crippen molar-refractivity contribution in [2.45, 2.75) is 126 Å². The van der Waals surface area contributed by atoms with Crippen LogP contribution in [0.4, 0.5) is 0 Å². The highest BCUT2D eigenvalue weighted by Gasteiger charge is 2.58. The van der Waals surface area contributed by atoms with Gasteiger partial charge >= 0.3 is 0 Å². The molecule has 2 saturated heterocycles. The lowest BCUT2D eigenvalue weighted by Gasteiger charge is -2.45. The van der Waals surface area contributed by atoms with Crippen LogP contribution < -0.4 is 0 Å². The van der Waals surface area contributed by atoms with Crippen molar-refractivity contribution in [3.63, 3.8) is 0 Å². The van der Waals surface area contributed by atoms with Crippen LogP contribution in [-0.4, -0.2) is 117 Å². The van der Waals surface area contributed by atoms with Crippen molar-refractivity contribution < 1.29 is 54.7 Å². The SMILES string of the molecule is CCCCCCCCCCCCO[C@H]1O[C@H](CO)[C@@H](O[C@]2(CO)O[C@H](CO)[C@@H](O)[C@@H]2O)[C@H](O)[C@H]1O. The van der Waals surface area contributed by atoms with Gasteiger partial charge in [-0.15, -0.1) is 0 Å². The Morgan fingerprint density at radius 1 is 0.714 bits per heavy atom. The molecule has 11 nitrogen and oxygen atoms in total. The standard InChI is InChI=1S/C24H46O11/c1-2-3-4-5-6-7-8-9-10-11-12-32-23-20(30)19(29)21(17(14-26)33-23)35-24(15-27)22(31)18(28)16(13-25)34-24/h16-23,25-31H,2-15H2,1H3/t16-,17-,18-,19-,20-,21-,22+,23+,24+/m1/s1. The van der Waals surface area contributed by atoms with Crippen LogP contribution in [0.15, 0.2) is 0 Å². The maximum absolute atomic E-state index is 10.7. The fourth-order valence-corrected chi connectivity index (χ4v) is 4.63. The minimum absolute atomic E-state index is 0.307. The van der Waals surface area contributed by atoms with Crippen molar-refractivity contribution in [1.82, 2.24) is 0 Å². The predicted octanol–water partition coefficient (Wildman–Crippen LogP) is -0.450. The van der Waals surface area contributed by atoms with Gasteiger partial charge in [-0.3, -0.25) is 0 Å². The average molecular weight is 511 g/mol. The smallest absolute Gasteiger partial charge is 0.222 e. The first-order valence-corrected chi connectivity index (χ1v) is 13.0. The molecule has 0 aromatic heterocycles. The Labute approximate surface area is 207 Å². The van der Waals surface area contributed by atoms with Gasteiger partial charge in [-0.05, 0) is 6.42 Å². The minimum Gasteiger partial charge on any atom is -0.394 e. The average Bonchev–Trinajstić information content (AvgIpc) is 3.11. The zero-order chi connectivity index (χ0) is 25.8. The normalized spacial score (nSPS) is 37.7. The molecule has 2 fully saturated rings. The van der Waals surface area contributed by atoms with Crippen molar-refractivity contribution in [3.8, 4) is 0 Å². The zero-order valence-corrected chi connectivity index (χ0v) is 20.8. The van der Waals surface area contributed by atoms with Crippen LogP contribution >= 0.6 is 0 Å². The molecule has 2 rings (SSSR count). The van der Waals surface area contributed by atoms with Gasteiger partial charge < -0.3 is 54.7 Å². The first-order valence-electron chi connectivity index (χ1n) is 13.0. The van der Waals surface area contributed by atoms with Gasteiger partial charge in [-0.2, -0.15) is 0 Å². The van der Waals surface area contributed by atoms with Crippen molar-refractivity contribution in [3.05, 3.63) is 0 Å². The molecule has 0 spiro atoms. The van der Waals surface area contributed by atoms with E-state index in [0.29, 0.717) is 6.61 Å². The molecule has 0 unspecified atom stereocenters. The summed E-state index contributed by atoms with van der Waals surface area (Å²) in [7, 11) is 0. The van der Waals surface area contributed by atoms with Gasteiger partial charge in [0.1, 0.15) is 49.3 Å². The summed E-state index contributed by atoms with van der Waals surface area (Å²) in [6, 6.07) is 0. The van der Waals surface area contributed by atoms with E-state index in [2.05, 4.69) is 6.92 Å². The minimum atomic E-state index is -2.18. The van der Waals surface area contributed by atoms with Gasteiger partial charge in [0.05, 0.1) is 13.2 Å². The number of hydrogen-bond acceptors (Lipinski definition) is 11. The van der Waals surface area contributed by atoms with Gasteiger partial charge in [0.25, 0.3) is 0 Å². The third-order valence-corrected chi connectivity index (χ3v) is 6.84. The summed E-state index contributed by atoms with van der Waals surface area (Å²) in [5.41, 5.74) is 0. The molecule has 0 aromatic rings. The molecule has 0 saturated carbocycles. The van der Waals surface area contributed by atoms with Crippen LogP contribution in [0.25, 0.3) is 0 Å². The maximum Gasteiger partial charge on any atom is 0.222 e. The molecule has 208 valence electrons. The van der Waals surface area contributed by atoms with Gasteiger partial charge in [-0.25, -0.2) is 0 Å². The van der Waals surface area contributed by atoms with Crippen LogP contribution in [0.1, 0.15) is 71.1 Å². The number of rotatable bonds is 17. The maximum atomic E-state index is 10.7. The van der Waals surface area contributed by atoms with Crippen molar-refractivity contribution in [1.29, 1.82) is 0 Å². The van der Waals surface area contributed by atoms with E-state index in [9.17, 15) is 35.7 Å². The fraction of sp³-hybridized carbons (Fsp3) is 1.00. The molecule has 0 bridgehead atoms. The summed E-state index contributed by atoms with van der Waals surface area (Å²) in [6.45, 7) is 0.336. The van der Waals surface area contributed by atoms with Crippen LogP contribution in [-0.2, 0) is 18.9 Å². The quantitative estimate of drug-likeness (QED) is 0.126. The number of unbranched alkanes of at least 4 members (excludes halogenated alkanes) is 9. The summed E-state index contributed by atoms with van der Waals surface area (Å²) in [5, 5.41) is 70.4. The van der Waals surface area contributed by atoms with Crippen LogP contribution in [0, 0.1) is 0 Å². The van der Waals surface area contributed by atoms with E-state index in [0.717, 1.165) is 19.3 Å². The second-order valence-corrected chi connectivity index (χ2v) is 9.59. The Morgan fingerprint density at radius 3 is 1.80 bits per heavy atom.